The Morgan fingerprint density at radius 1 is 1.33 bits per heavy atom. The highest BCUT2D eigenvalue weighted by Crippen LogP contribution is 2.36. The van der Waals surface area contributed by atoms with E-state index in [1.165, 1.54) is 24.8 Å². The normalized spacial score (nSPS) is 17.7. The number of rotatable bonds is 5. The van der Waals surface area contributed by atoms with E-state index in [1.807, 2.05) is 6.07 Å². The molecule has 1 fully saturated rings. The predicted molar refractivity (Wildman–Crippen MR) is 62.7 cm³/mol. The van der Waals surface area contributed by atoms with Gasteiger partial charge in [-0.1, -0.05) is 44.0 Å². The molecule has 1 atom stereocenters. The molecule has 82 valence electrons. The Bertz CT molecular complexity index is 315. The first kappa shape index (κ1) is 10.7. The summed E-state index contributed by atoms with van der Waals surface area (Å²) in [6.45, 7) is 2.15. The van der Waals surface area contributed by atoms with Gasteiger partial charge in [-0.25, -0.2) is 0 Å². The molecule has 1 aliphatic rings. The van der Waals surface area contributed by atoms with E-state index in [0.29, 0.717) is 0 Å². The van der Waals surface area contributed by atoms with Gasteiger partial charge in [0.05, 0.1) is 6.10 Å². The second kappa shape index (κ2) is 4.80. The molecule has 1 heteroatoms. The molecular weight excluding hydrogens is 184 g/mol. The van der Waals surface area contributed by atoms with Crippen molar-refractivity contribution in [3.8, 4) is 0 Å². The summed E-state index contributed by atoms with van der Waals surface area (Å²) < 4.78 is 0. The lowest BCUT2D eigenvalue weighted by atomic mass is 9.97. The lowest BCUT2D eigenvalue weighted by Gasteiger charge is -2.14. The number of hydrogen-bond donors (Lipinski definition) is 1. The van der Waals surface area contributed by atoms with Crippen LogP contribution in [0.1, 0.15) is 49.8 Å². The van der Waals surface area contributed by atoms with E-state index in [1.54, 1.807) is 0 Å². The lowest BCUT2D eigenvalue weighted by molar-refractivity contribution is 0.161. The Morgan fingerprint density at radius 2 is 2.07 bits per heavy atom. The van der Waals surface area contributed by atoms with Crippen molar-refractivity contribution < 1.29 is 5.11 Å². The maximum absolute atomic E-state index is 10.1. The summed E-state index contributed by atoms with van der Waals surface area (Å²) in [4.78, 5) is 0. The standard InChI is InChI=1S/C14H20O/c1-2-12-5-3-4-6-13(12)14(15)10-9-11-7-8-11/h3-6,11,14-15H,2,7-10H2,1H3. The molecule has 1 aromatic carbocycles. The molecule has 0 aliphatic heterocycles. The molecule has 1 aromatic rings. The second-order valence-electron chi connectivity index (χ2n) is 4.59. The molecule has 0 amide bonds. The van der Waals surface area contributed by atoms with E-state index < -0.39 is 0 Å². The van der Waals surface area contributed by atoms with Gasteiger partial charge in [-0.3, -0.25) is 0 Å². The van der Waals surface area contributed by atoms with Gasteiger partial charge in [0.2, 0.25) is 0 Å². The van der Waals surface area contributed by atoms with Crippen molar-refractivity contribution in [3.63, 3.8) is 0 Å². The number of aryl methyl sites for hydroxylation is 1. The number of hydrogen-bond acceptors (Lipinski definition) is 1. The lowest BCUT2D eigenvalue weighted by Crippen LogP contribution is -2.01. The molecule has 0 saturated heterocycles. The van der Waals surface area contributed by atoms with Gasteiger partial charge in [-0.2, -0.15) is 0 Å². The van der Waals surface area contributed by atoms with Crippen molar-refractivity contribution >= 4 is 0 Å². The zero-order chi connectivity index (χ0) is 10.7. The van der Waals surface area contributed by atoms with Crippen LogP contribution >= 0.6 is 0 Å². The van der Waals surface area contributed by atoms with E-state index in [9.17, 15) is 5.11 Å². The first-order valence-electron chi connectivity index (χ1n) is 6.07. The number of benzene rings is 1. The largest absolute Gasteiger partial charge is 0.388 e. The molecule has 1 unspecified atom stereocenters. The highest BCUT2D eigenvalue weighted by molar-refractivity contribution is 5.28. The third-order valence-corrected chi connectivity index (χ3v) is 3.34. The summed E-state index contributed by atoms with van der Waals surface area (Å²) in [7, 11) is 0. The molecule has 2 rings (SSSR count). The second-order valence-corrected chi connectivity index (χ2v) is 4.59. The molecule has 0 spiro atoms. The van der Waals surface area contributed by atoms with Crippen molar-refractivity contribution in [2.75, 3.05) is 0 Å². The highest BCUT2D eigenvalue weighted by Gasteiger charge is 2.22. The summed E-state index contributed by atoms with van der Waals surface area (Å²) in [6, 6.07) is 8.26. The van der Waals surface area contributed by atoms with Gasteiger partial charge in [0, 0.05) is 0 Å². The van der Waals surface area contributed by atoms with E-state index in [2.05, 4.69) is 25.1 Å². The zero-order valence-corrected chi connectivity index (χ0v) is 9.45. The molecule has 0 heterocycles. The van der Waals surface area contributed by atoms with Crippen molar-refractivity contribution in [2.45, 2.75) is 45.1 Å². The monoisotopic (exact) mass is 204 g/mol. The van der Waals surface area contributed by atoms with Crippen LogP contribution in [-0.2, 0) is 6.42 Å². The van der Waals surface area contributed by atoms with Crippen LogP contribution in [0.5, 0.6) is 0 Å². The van der Waals surface area contributed by atoms with E-state index in [-0.39, 0.29) is 6.10 Å². The quantitative estimate of drug-likeness (QED) is 0.778. The summed E-state index contributed by atoms with van der Waals surface area (Å²) in [6.07, 6.45) is 5.64. The third kappa shape index (κ3) is 2.82. The Kier molecular flexibility index (Phi) is 3.42. The van der Waals surface area contributed by atoms with Crippen molar-refractivity contribution in [3.05, 3.63) is 35.4 Å². The van der Waals surface area contributed by atoms with Crippen LogP contribution in [0.2, 0.25) is 0 Å². The molecule has 0 aromatic heterocycles. The van der Waals surface area contributed by atoms with Crippen LogP contribution < -0.4 is 0 Å². The van der Waals surface area contributed by atoms with Crippen LogP contribution in [0, 0.1) is 5.92 Å². The first-order chi connectivity index (χ1) is 7.31. The van der Waals surface area contributed by atoms with Gasteiger partial charge < -0.3 is 5.11 Å². The average molecular weight is 204 g/mol. The van der Waals surface area contributed by atoms with E-state index in [4.69, 9.17) is 0 Å². The van der Waals surface area contributed by atoms with Crippen LogP contribution in [0.4, 0.5) is 0 Å². The van der Waals surface area contributed by atoms with Gasteiger partial charge in [0.15, 0.2) is 0 Å². The van der Waals surface area contributed by atoms with Crippen LogP contribution in [0.25, 0.3) is 0 Å². The van der Waals surface area contributed by atoms with Crippen molar-refractivity contribution in [1.29, 1.82) is 0 Å². The summed E-state index contributed by atoms with van der Waals surface area (Å²) in [5.74, 6) is 0.911. The summed E-state index contributed by atoms with van der Waals surface area (Å²) >= 11 is 0. The fraction of sp³-hybridized carbons (Fsp3) is 0.571. The molecule has 1 nitrogen and oxygen atoms in total. The average Bonchev–Trinajstić information content (AvgIpc) is 3.09. The maximum atomic E-state index is 10.1. The van der Waals surface area contributed by atoms with Gasteiger partial charge in [0.25, 0.3) is 0 Å². The molecule has 0 radical (unpaired) electrons. The fourth-order valence-corrected chi connectivity index (χ4v) is 2.14. The number of aliphatic hydroxyl groups is 1. The fourth-order valence-electron chi connectivity index (χ4n) is 2.14. The van der Waals surface area contributed by atoms with Crippen LogP contribution in [0.15, 0.2) is 24.3 Å². The Labute approximate surface area is 92.1 Å². The third-order valence-electron chi connectivity index (χ3n) is 3.34. The predicted octanol–water partition coefficient (Wildman–Crippen LogP) is 3.47. The van der Waals surface area contributed by atoms with Crippen LogP contribution in [-0.4, -0.2) is 5.11 Å². The Balaban J connectivity index is 1.98. The SMILES string of the molecule is CCc1ccccc1C(O)CCC1CC1. The topological polar surface area (TPSA) is 20.2 Å². The van der Waals surface area contributed by atoms with Crippen LogP contribution in [0.3, 0.4) is 0 Å². The summed E-state index contributed by atoms with van der Waals surface area (Å²) in [5.41, 5.74) is 2.43. The Hall–Kier alpha value is -0.820. The molecular formula is C14H20O. The summed E-state index contributed by atoms with van der Waals surface area (Å²) in [5, 5.41) is 10.1. The van der Waals surface area contributed by atoms with Crippen molar-refractivity contribution in [2.24, 2.45) is 5.92 Å². The highest BCUT2D eigenvalue weighted by atomic mass is 16.3. The van der Waals surface area contributed by atoms with Gasteiger partial charge in [-0.15, -0.1) is 0 Å². The Morgan fingerprint density at radius 3 is 2.73 bits per heavy atom. The molecule has 1 saturated carbocycles. The van der Waals surface area contributed by atoms with E-state index in [0.717, 1.165) is 24.3 Å². The smallest absolute Gasteiger partial charge is 0.0792 e. The molecule has 1 aliphatic carbocycles. The minimum Gasteiger partial charge on any atom is -0.388 e. The molecule has 1 N–H and O–H groups in total. The van der Waals surface area contributed by atoms with Gasteiger partial charge >= 0.3 is 0 Å². The van der Waals surface area contributed by atoms with Gasteiger partial charge in [-0.05, 0) is 36.3 Å². The zero-order valence-electron chi connectivity index (χ0n) is 9.45. The maximum Gasteiger partial charge on any atom is 0.0792 e. The molecule has 0 bridgehead atoms. The van der Waals surface area contributed by atoms with E-state index >= 15 is 0 Å². The molecule has 15 heavy (non-hydrogen) atoms. The first-order valence-corrected chi connectivity index (χ1v) is 6.07. The van der Waals surface area contributed by atoms with Gasteiger partial charge in [0.1, 0.15) is 0 Å². The van der Waals surface area contributed by atoms with Crippen molar-refractivity contribution in [1.82, 2.24) is 0 Å². The minimum absolute atomic E-state index is 0.248. The minimum atomic E-state index is -0.248. The number of aliphatic hydroxyl groups excluding tert-OH is 1.